The Labute approximate surface area is 204 Å². The minimum Gasteiger partial charge on any atom is -0.480 e. The van der Waals surface area contributed by atoms with Crippen molar-refractivity contribution in [3.8, 4) is 0 Å². The molecule has 7 heteroatoms. The van der Waals surface area contributed by atoms with E-state index in [1.165, 1.54) is 6.92 Å². The highest BCUT2D eigenvalue weighted by Crippen LogP contribution is 2.28. The molecule has 0 aliphatic rings. The molecular formula is C28H31N3O4. The molecule has 0 spiro atoms. The van der Waals surface area contributed by atoms with Gasteiger partial charge in [-0.25, -0.2) is 9.78 Å². The molecule has 1 atom stereocenters. The lowest BCUT2D eigenvalue weighted by molar-refractivity contribution is -0.143. The molecular weight excluding hydrogens is 442 g/mol. The van der Waals surface area contributed by atoms with Crippen LogP contribution in [0.2, 0.25) is 0 Å². The molecule has 4 rings (SSSR count). The average Bonchev–Trinajstić information content (AvgIpc) is 3.48. The van der Waals surface area contributed by atoms with Gasteiger partial charge in [-0.1, -0.05) is 44.2 Å². The minimum atomic E-state index is -1.45. The Kier molecular flexibility index (Phi) is 7.05. The standard InChI is InChI=1S/C28H31N3O4/c1-4-21(5-2)31-24-14-13-20(16-23(24)29-25(31)17-22-12-9-15-35-22)26(32)30-28(3,27(33)34)18-19-10-7-6-8-11-19/h6-16,21H,4-5,17-18H2,1-3H3,(H,30,32)(H,33,34). The van der Waals surface area contributed by atoms with Crippen LogP contribution in [0.15, 0.2) is 71.3 Å². The Balaban J connectivity index is 1.66. The molecule has 1 unspecified atom stereocenters. The number of hydrogen-bond acceptors (Lipinski definition) is 4. The van der Waals surface area contributed by atoms with E-state index in [4.69, 9.17) is 9.40 Å². The van der Waals surface area contributed by atoms with E-state index in [9.17, 15) is 14.7 Å². The second kappa shape index (κ2) is 10.2. The number of fused-ring (bicyclic) bond motifs is 1. The second-order valence-electron chi connectivity index (χ2n) is 9.08. The van der Waals surface area contributed by atoms with Gasteiger partial charge in [0.25, 0.3) is 5.91 Å². The van der Waals surface area contributed by atoms with Crippen molar-refractivity contribution in [2.45, 2.75) is 58.0 Å². The molecule has 0 fully saturated rings. The number of carbonyl (C=O) groups is 2. The molecule has 0 saturated heterocycles. The van der Waals surface area contributed by atoms with Crippen molar-refractivity contribution in [1.82, 2.24) is 14.9 Å². The van der Waals surface area contributed by atoms with Crippen LogP contribution < -0.4 is 5.32 Å². The average molecular weight is 474 g/mol. The summed E-state index contributed by atoms with van der Waals surface area (Å²) in [6, 6.07) is 18.7. The van der Waals surface area contributed by atoms with E-state index in [-0.39, 0.29) is 12.5 Å². The number of nitrogens with one attached hydrogen (secondary N) is 1. The maximum Gasteiger partial charge on any atom is 0.329 e. The number of imidazole rings is 1. The molecule has 182 valence electrons. The molecule has 2 N–H and O–H groups in total. The third-order valence-corrected chi connectivity index (χ3v) is 6.51. The maximum atomic E-state index is 13.2. The van der Waals surface area contributed by atoms with Crippen LogP contribution in [0.1, 0.15) is 67.2 Å². The molecule has 1 amide bonds. The number of hydrogen-bond donors (Lipinski definition) is 2. The number of nitrogens with zero attached hydrogens (tertiary/aromatic N) is 2. The van der Waals surface area contributed by atoms with Gasteiger partial charge < -0.3 is 19.4 Å². The zero-order valence-electron chi connectivity index (χ0n) is 20.3. The largest absolute Gasteiger partial charge is 0.480 e. The Hall–Kier alpha value is -3.87. The lowest BCUT2D eigenvalue weighted by Crippen LogP contribution is -2.53. The Bertz CT molecular complexity index is 1310. The van der Waals surface area contributed by atoms with Crippen molar-refractivity contribution < 1.29 is 19.1 Å². The summed E-state index contributed by atoms with van der Waals surface area (Å²) in [6.45, 7) is 5.83. The highest BCUT2D eigenvalue weighted by atomic mass is 16.4. The molecule has 35 heavy (non-hydrogen) atoms. The highest BCUT2D eigenvalue weighted by molar-refractivity contribution is 6.00. The number of aromatic nitrogens is 2. The quantitative estimate of drug-likeness (QED) is 0.322. The summed E-state index contributed by atoms with van der Waals surface area (Å²) >= 11 is 0. The molecule has 7 nitrogen and oxygen atoms in total. The predicted molar refractivity (Wildman–Crippen MR) is 135 cm³/mol. The van der Waals surface area contributed by atoms with Gasteiger partial charge in [0.15, 0.2) is 0 Å². The molecule has 0 aliphatic heterocycles. The van der Waals surface area contributed by atoms with Crippen LogP contribution in [0.25, 0.3) is 11.0 Å². The van der Waals surface area contributed by atoms with E-state index in [0.717, 1.165) is 35.5 Å². The fourth-order valence-corrected chi connectivity index (χ4v) is 4.54. The van der Waals surface area contributed by atoms with Gasteiger partial charge in [0.2, 0.25) is 0 Å². The molecule has 2 aromatic carbocycles. The number of aliphatic carboxylic acids is 1. The van der Waals surface area contributed by atoms with E-state index < -0.39 is 17.4 Å². The Morgan fingerprint density at radius 3 is 2.46 bits per heavy atom. The first-order valence-corrected chi connectivity index (χ1v) is 12.0. The Morgan fingerprint density at radius 2 is 1.83 bits per heavy atom. The molecule has 0 radical (unpaired) electrons. The molecule has 2 heterocycles. The number of amides is 1. The van der Waals surface area contributed by atoms with Gasteiger partial charge in [-0.3, -0.25) is 4.79 Å². The van der Waals surface area contributed by atoms with E-state index >= 15 is 0 Å². The number of carboxylic acids is 1. The SMILES string of the molecule is CCC(CC)n1c(Cc2ccco2)nc2cc(C(=O)NC(C)(Cc3ccccc3)C(=O)O)ccc21. The molecule has 0 bridgehead atoms. The molecule has 0 aliphatic carbocycles. The zero-order valence-corrected chi connectivity index (χ0v) is 20.3. The van der Waals surface area contributed by atoms with Crippen LogP contribution in [0.4, 0.5) is 0 Å². The Morgan fingerprint density at radius 1 is 1.09 bits per heavy atom. The van der Waals surface area contributed by atoms with Crippen LogP contribution in [-0.2, 0) is 17.6 Å². The second-order valence-corrected chi connectivity index (χ2v) is 9.08. The van der Waals surface area contributed by atoms with Crippen LogP contribution in [0, 0.1) is 0 Å². The molecule has 2 aromatic heterocycles. The number of benzene rings is 2. The number of carboxylic acid groups (broad SMARTS) is 1. The zero-order chi connectivity index (χ0) is 25.0. The van der Waals surface area contributed by atoms with Gasteiger partial charge in [-0.2, -0.15) is 0 Å². The monoisotopic (exact) mass is 473 g/mol. The van der Waals surface area contributed by atoms with Crippen molar-refractivity contribution in [2.24, 2.45) is 0 Å². The van der Waals surface area contributed by atoms with Gasteiger partial charge in [0.05, 0.1) is 23.7 Å². The van der Waals surface area contributed by atoms with E-state index in [1.807, 2.05) is 48.5 Å². The van der Waals surface area contributed by atoms with E-state index in [1.54, 1.807) is 18.4 Å². The first-order chi connectivity index (χ1) is 16.8. The maximum absolute atomic E-state index is 13.2. The van der Waals surface area contributed by atoms with Crippen LogP contribution in [0.3, 0.4) is 0 Å². The first kappa shape index (κ1) is 24.3. The highest BCUT2D eigenvalue weighted by Gasteiger charge is 2.35. The van der Waals surface area contributed by atoms with Crippen molar-refractivity contribution in [1.29, 1.82) is 0 Å². The van der Waals surface area contributed by atoms with Gasteiger partial charge in [0.1, 0.15) is 17.1 Å². The normalized spacial score (nSPS) is 13.1. The summed E-state index contributed by atoms with van der Waals surface area (Å²) in [4.78, 5) is 30.1. The van der Waals surface area contributed by atoms with Crippen LogP contribution >= 0.6 is 0 Å². The lowest BCUT2D eigenvalue weighted by atomic mass is 9.92. The summed E-state index contributed by atoms with van der Waals surface area (Å²) in [5.74, 6) is 0.163. The van der Waals surface area contributed by atoms with Crippen molar-refractivity contribution in [3.05, 3.63) is 89.6 Å². The van der Waals surface area contributed by atoms with Gasteiger partial charge >= 0.3 is 5.97 Å². The van der Waals surface area contributed by atoms with E-state index in [2.05, 4.69) is 23.7 Å². The van der Waals surface area contributed by atoms with Gasteiger partial charge in [-0.05, 0) is 55.7 Å². The van der Waals surface area contributed by atoms with Crippen LogP contribution in [0.5, 0.6) is 0 Å². The number of furan rings is 1. The lowest BCUT2D eigenvalue weighted by Gasteiger charge is -2.26. The third-order valence-electron chi connectivity index (χ3n) is 6.51. The van der Waals surface area contributed by atoms with Gasteiger partial charge in [0, 0.05) is 18.0 Å². The van der Waals surface area contributed by atoms with Crippen molar-refractivity contribution >= 4 is 22.9 Å². The number of rotatable bonds is 10. The number of carbonyl (C=O) groups excluding carboxylic acids is 1. The molecule has 0 saturated carbocycles. The summed E-state index contributed by atoms with van der Waals surface area (Å²) in [5.41, 5.74) is 1.40. The minimum absolute atomic E-state index is 0.174. The van der Waals surface area contributed by atoms with Crippen molar-refractivity contribution in [2.75, 3.05) is 0 Å². The van der Waals surface area contributed by atoms with Crippen molar-refractivity contribution in [3.63, 3.8) is 0 Å². The summed E-state index contributed by atoms with van der Waals surface area (Å²) < 4.78 is 7.78. The fourth-order valence-electron chi connectivity index (χ4n) is 4.54. The predicted octanol–water partition coefficient (Wildman–Crippen LogP) is 5.40. The third kappa shape index (κ3) is 5.14. The molecule has 4 aromatic rings. The van der Waals surface area contributed by atoms with Crippen LogP contribution in [-0.4, -0.2) is 32.1 Å². The topological polar surface area (TPSA) is 97.4 Å². The smallest absolute Gasteiger partial charge is 0.329 e. The summed E-state index contributed by atoms with van der Waals surface area (Å²) in [7, 11) is 0. The fraction of sp³-hybridized carbons (Fsp3) is 0.321. The summed E-state index contributed by atoms with van der Waals surface area (Å²) in [5, 5.41) is 12.6. The summed E-state index contributed by atoms with van der Waals surface area (Å²) in [6.07, 6.45) is 4.27. The van der Waals surface area contributed by atoms with Gasteiger partial charge in [-0.15, -0.1) is 0 Å². The van der Waals surface area contributed by atoms with E-state index in [0.29, 0.717) is 17.5 Å². The first-order valence-electron chi connectivity index (χ1n) is 12.0.